The molecule has 33 heavy (non-hydrogen) atoms. The van der Waals surface area contributed by atoms with Crippen LogP contribution in [0.25, 0.3) is 11.3 Å². The van der Waals surface area contributed by atoms with Crippen LogP contribution in [0.3, 0.4) is 0 Å². The molecule has 0 spiro atoms. The van der Waals surface area contributed by atoms with Gasteiger partial charge in [0, 0.05) is 19.2 Å². The van der Waals surface area contributed by atoms with Gasteiger partial charge in [-0.05, 0) is 60.4 Å². The lowest BCUT2D eigenvalue weighted by Gasteiger charge is -2.36. The molecule has 3 aromatic rings. The standard InChI is InChI=1S/C25H24F2N4O2/c1-24(2)15-8-10-25(24,23-28-11-9-18(29-23)20(33)7-4-12-32)22-14(15)13-19(30-31-22)21-16(26)5-3-6-17(21)27/h3,5-6,9,11,13,15,32H,4,7-8,10,12H2,1-2H3/t15-,25+/m0/s1. The lowest BCUT2D eigenvalue weighted by molar-refractivity contribution is 0.0965. The monoisotopic (exact) mass is 450 g/mol. The van der Waals surface area contributed by atoms with Gasteiger partial charge in [-0.3, -0.25) is 4.79 Å². The highest BCUT2D eigenvalue weighted by Crippen LogP contribution is 2.69. The van der Waals surface area contributed by atoms with Crippen LogP contribution in [0.15, 0.2) is 36.5 Å². The number of hydrogen-bond donors (Lipinski definition) is 1. The first-order chi connectivity index (χ1) is 15.8. The summed E-state index contributed by atoms with van der Waals surface area (Å²) in [5.74, 6) is -0.902. The second kappa shape index (κ2) is 7.73. The van der Waals surface area contributed by atoms with Crippen LogP contribution in [0.2, 0.25) is 0 Å². The van der Waals surface area contributed by atoms with Gasteiger partial charge in [0.1, 0.15) is 23.2 Å². The first-order valence-corrected chi connectivity index (χ1v) is 11.1. The molecule has 0 amide bonds. The Kier molecular flexibility index (Phi) is 5.08. The van der Waals surface area contributed by atoms with Crippen molar-refractivity contribution in [3.8, 4) is 11.3 Å². The molecule has 0 radical (unpaired) electrons. The molecule has 1 saturated carbocycles. The molecular weight excluding hydrogens is 426 g/mol. The zero-order valence-corrected chi connectivity index (χ0v) is 18.5. The van der Waals surface area contributed by atoms with E-state index in [9.17, 15) is 13.6 Å². The first-order valence-electron chi connectivity index (χ1n) is 11.1. The molecule has 2 bridgehead atoms. The summed E-state index contributed by atoms with van der Waals surface area (Å²) in [6.45, 7) is 4.19. The zero-order valence-electron chi connectivity index (χ0n) is 18.5. The Morgan fingerprint density at radius 3 is 2.67 bits per heavy atom. The predicted octanol–water partition coefficient (Wildman–Crippen LogP) is 4.37. The molecule has 0 saturated heterocycles. The molecule has 2 aromatic heterocycles. The Balaban J connectivity index is 1.63. The number of carbonyl (C=O) groups excluding carboxylic acids is 1. The van der Waals surface area contributed by atoms with E-state index < -0.39 is 17.0 Å². The number of Topliss-reactive ketones (excluding diaryl/α,β-unsaturated/α-hetero) is 1. The number of halogens is 2. The Hall–Kier alpha value is -3.13. The van der Waals surface area contributed by atoms with E-state index in [1.165, 1.54) is 18.2 Å². The fourth-order valence-corrected chi connectivity index (χ4v) is 5.77. The molecule has 2 atom stereocenters. The first kappa shape index (κ1) is 21.7. The van der Waals surface area contributed by atoms with Gasteiger partial charge >= 0.3 is 0 Å². The van der Waals surface area contributed by atoms with Gasteiger partial charge in [0.05, 0.1) is 22.4 Å². The van der Waals surface area contributed by atoms with E-state index in [0.29, 0.717) is 23.6 Å². The van der Waals surface area contributed by atoms with Crippen molar-refractivity contribution in [3.63, 3.8) is 0 Å². The maximum Gasteiger partial charge on any atom is 0.181 e. The van der Waals surface area contributed by atoms with Crippen molar-refractivity contribution in [1.29, 1.82) is 0 Å². The molecule has 0 aliphatic heterocycles. The van der Waals surface area contributed by atoms with Crippen LogP contribution in [0.1, 0.15) is 73.0 Å². The van der Waals surface area contributed by atoms with Crippen molar-refractivity contribution in [3.05, 3.63) is 70.9 Å². The van der Waals surface area contributed by atoms with E-state index >= 15 is 0 Å². The Morgan fingerprint density at radius 2 is 1.94 bits per heavy atom. The number of nitrogens with zero attached hydrogens (tertiary/aromatic N) is 4. The van der Waals surface area contributed by atoms with Crippen LogP contribution in [-0.4, -0.2) is 37.7 Å². The van der Waals surface area contributed by atoms with E-state index in [0.717, 1.165) is 18.4 Å². The topological polar surface area (TPSA) is 88.9 Å². The van der Waals surface area contributed by atoms with Crippen molar-refractivity contribution >= 4 is 5.78 Å². The molecule has 0 unspecified atom stereocenters. The molecule has 170 valence electrons. The highest BCUT2D eigenvalue weighted by molar-refractivity contribution is 5.94. The maximum absolute atomic E-state index is 14.4. The highest BCUT2D eigenvalue weighted by Gasteiger charge is 2.65. The highest BCUT2D eigenvalue weighted by atomic mass is 19.1. The molecule has 1 aromatic carbocycles. The predicted molar refractivity (Wildman–Crippen MR) is 117 cm³/mol. The molecule has 2 aliphatic rings. The zero-order chi connectivity index (χ0) is 23.4. The lowest BCUT2D eigenvalue weighted by Crippen LogP contribution is -2.39. The number of ketones is 1. The third-order valence-corrected chi connectivity index (χ3v) is 7.49. The maximum atomic E-state index is 14.4. The number of rotatable bonds is 6. The van der Waals surface area contributed by atoms with Gasteiger partial charge in [-0.2, -0.15) is 5.10 Å². The van der Waals surface area contributed by atoms with Gasteiger partial charge in [0.25, 0.3) is 0 Å². The largest absolute Gasteiger partial charge is 0.396 e. The van der Waals surface area contributed by atoms with E-state index in [2.05, 4.69) is 34.0 Å². The van der Waals surface area contributed by atoms with Gasteiger partial charge in [-0.1, -0.05) is 19.9 Å². The summed E-state index contributed by atoms with van der Waals surface area (Å²) in [6, 6.07) is 7.07. The summed E-state index contributed by atoms with van der Waals surface area (Å²) in [5.41, 5.74) is 0.923. The molecule has 6 nitrogen and oxygen atoms in total. The summed E-state index contributed by atoms with van der Waals surface area (Å²) in [4.78, 5) is 21.8. The van der Waals surface area contributed by atoms with Gasteiger partial charge in [0.15, 0.2) is 5.78 Å². The molecule has 1 fully saturated rings. The molecule has 2 aliphatic carbocycles. The number of aromatic nitrogens is 4. The van der Waals surface area contributed by atoms with Crippen LogP contribution >= 0.6 is 0 Å². The van der Waals surface area contributed by atoms with Crippen LogP contribution in [-0.2, 0) is 5.41 Å². The van der Waals surface area contributed by atoms with E-state index in [-0.39, 0.29) is 41.4 Å². The summed E-state index contributed by atoms with van der Waals surface area (Å²) in [7, 11) is 0. The second-order valence-corrected chi connectivity index (χ2v) is 9.36. The smallest absolute Gasteiger partial charge is 0.181 e. The summed E-state index contributed by atoms with van der Waals surface area (Å²) >= 11 is 0. The molecule has 5 rings (SSSR count). The van der Waals surface area contributed by atoms with Crippen molar-refractivity contribution in [2.45, 2.75) is 50.9 Å². The van der Waals surface area contributed by atoms with Crippen LogP contribution in [0, 0.1) is 17.0 Å². The number of hydrogen-bond acceptors (Lipinski definition) is 6. The van der Waals surface area contributed by atoms with Crippen molar-refractivity contribution in [2.75, 3.05) is 6.61 Å². The average molecular weight is 450 g/mol. The lowest BCUT2D eigenvalue weighted by atomic mass is 9.67. The Morgan fingerprint density at radius 1 is 1.18 bits per heavy atom. The second-order valence-electron chi connectivity index (χ2n) is 9.36. The average Bonchev–Trinajstić information content (AvgIpc) is 3.18. The van der Waals surface area contributed by atoms with Crippen LogP contribution in [0.5, 0.6) is 0 Å². The number of fused-ring (bicyclic) bond motifs is 5. The van der Waals surface area contributed by atoms with E-state index in [1.807, 2.05) is 0 Å². The molecular formula is C25H24F2N4O2. The minimum atomic E-state index is -0.682. The summed E-state index contributed by atoms with van der Waals surface area (Å²) in [5, 5.41) is 17.7. The SMILES string of the molecule is CC1(C)[C@H]2CC[C@]1(c1nccc(C(=O)CCCO)n1)c1nnc(-c3c(F)cccc3F)cc12. The third kappa shape index (κ3) is 3.04. The minimum Gasteiger partial charge on any atom is -0.396 e. The molecule has 1 N–H and O–H groups in total. The van der Waals surface area contributed by atoms with Gasteiger partial charge in [-0.15, -0.1) is 5.10 Å². The fraction of sp³-hybridized carbons (Fsp3) is 0.400. The van der Waals surface area contributed by atoms with Gasteiger partial charge in [0.2, 0.25) is 0 Å². The van der Waals surface area contributed by atoms with Crippen LogP contribution in [0.4, 0.5) is 8.78 Å². The molecule has 2 heterocycles. The van der Waals surface area contributed by atoms with E-state index in [4.69, 9.17) is 5.11 Å². The quantitative estimate of drug-likeness (QED) is 0.561. The number of benzene rings is 1. The van der Waals surface area contributed by atoms with Crippen molar-refractivity contribution in [1.82, 2.24) is 20.2 Å². The minimum absolute atomic E-state index is 0.0593. The fourth-order valence-electron chi connectivity index (χ4n) is 5.77. The van der Waals surface area contributed by atoms with Crippen molar-refractivity contribution < 1.29 is 18.7 Å². The van der Waals surface area contributed by atoms with Gasteiger partial charge in [-0.25, -0.2) is 18.7 Å². The number of aliphatic hydroxyl groups is 1. The molecule has 8 heteroatoms. The normalized spacial score (nSPS) is 22.4. The third-order valence-electron chi connectivity index (χ3n) is 7.49. The van der Waals surface area contributed by atoms with Crippen LogP contribution < -0.4 is 0 Å². The van der Waals surface area contributed by atoms with Gasteiger partial charge < -0.3 is 5.11 Å². The number of carbonyl (C=O) groups is 1. The summed E-state index contributed by atoms with van der Waals surface area (Å²) in [6.07, 6.45) is 3.76. The number of aliphatic hydroxyl groups excluding tert-OH is 1. The Bertz CT molecular complexity index is 1240. The van der Waals surface area contributed by atoms with E-state index in [1.54, 1.807) is 18.3 Å². The van der Waals surface area contributed by atoms with Crippen molar-refractivity contribution in [2.24, 2.45) is 5.41 Å². The Labute approximate surface area is 190 Å². The summed E-state index contributed by atoms with van der Waals surface area (Å²) < 4.78 is 28.8.